The van der Waals surface area contributed by atoms with Gasteiger partial charge in [-0.2, -0.15) is 0 Å². The average Bonchev–Trinajstić information content (AvgIpc) is 3.09. The fourth-order valence-corrected chi connectivity index (χ4v) is 2.31. The van der Waals surface area contributed by atoms with E-state index in [-0.39, 0.29) is 16.0 Å². The van der Waals surface area contributed by atoms with Crippen molar-refractivity contribution in [3.05, 3.63) is 33.9 Å². The molecule has 17 heavy (non-hydrogen) atoms. The Labute approximate surface area is 99.7 Å². The van der Waals surface area contributed by atoms with Crippen molar-refractivity contribution in [2.24, 2.45) is 5.73 Å². The van der Waals surface area contributed by atoms with Gasteiger partial charge in [0, 0.05) is 23.1 Å². The van der Waals surface area contributed by atoms with Crippen LogP contribution in [-0.4, -0.2) is 18.6 Å². The standard InChI is InChI=1S/C12H16N2O3/c1-17-11-3-2-9(14(15)16)8-10(11)12(4-5-12)6-7-13/h2-3,8H,4-7,13H2,1H3. The molecule has 0 aliphatic heterocycles. The summed E-state index contributed by atoms with van der Waals surface area (Å²) in [7, 11) is 1.59. The summed E-state index contributed by atoms with van der Waals surface area (Å²) in [5.41, 5.74) is 6.66. The smallest absolute Gasteiger partial charge is 0.269 e. The first-order valence-electron chi connectivity index (χ1n) is 5.66. The van der Waals surface area contributed by atoms with E-state index in [9.17, 15) is 10.1 Å². The molecule has 1 aromatic rings. The number of nitrogens with zero attached hydrogens (tertiary/aromatic N) is 1. The monoisotopic (exact) mass is 236 g/mol. The van der Waals surface area contributed by atoms with Gasteiger partial charge < -0.3 is 10.5 Å². The number of hydrogen-bond donors (Lipinski definition) is 1. The van der Waals surface area contributed by atoms with Crippen LogP contribution in [0.25, 0.3) is 0 Å². The van der Waals surface area contributed by atoms with Crippen LogP contribution in [0.15, 0.2) is 18.2 Å². The molecule has 0 spiro atoms. The lowest BCUT2D eigenvalue weighted by Crippen LogP contribution is -2.14. The van der Waals surface area contributed by atoms with E-state index in [1.165, 1.54) is 6.07 Å². The second-order valence-electron chi connectivity index (χ2n) is 4.46. The maximum absolute atomic E-state index is 10.8. The number of nitro groups is 1. The molecule has 0 unspecified atom stereocenters. The minimum atomic E-state index is -0.374. The minimum Gasteiger partial charge on any atom is -0.496 e. The van der Waals surface area contributed by atoms with Crippen LogP contribution in [0.2, 0.25) is 0 Å². The Morgan fingerprint density at radius 3 is 2.71 bits per heavy atom. The molecule has 2 rings (SSSR count). The molecule has 0 aromatic heterocycles. The zero-order valence-corrected chi connectivity index (χ0v) is 9.81. The van der Waals surface area contributed by atoms with Crippen LogP contribution in [-0.2, 0) is 5.41 Å². The van der Waals surface area contributed by atoms with Crippen LogP contribution < -0.4 is 10.5 Å². The molecule has 5 nitrogen and oxygen atoms in total. The second-order valence-corrected chi connectivity index (χ2v) is 4.46. The van der Waals surface area contributed by atoms with Crippen molar-refractivity contribution in [2.75, 3.05) is 13.7 Å². The Bertz CT molecular complexity index is 441. The molecule has 0 bridgehead atoms. The van der Waals surface area contributed by atoms with E-state index in [0.29, 0.717) is 6.54 Å². The van der Waals surface area contributed by atoms with Crippen LogP contribution >= 0.6 is 0 Å². The van der Waals surface area contributed by atoms with Gasteiger partial charge in [0.2, 0.25) is 0 Å². The van der Waals surface area contributed by atoms with E-state index < -0.39 is 0 Å². The number of rotatable bonds is 5. The van der Waals surface area contributed by atoms with Crippen LogP contribution in [0.5, 0.6) is 5.75 Å². The van der Waals surface area contributed by atoms with Gasteiger partial charge in [-0.25, -0.2) is 0 Å². The van der Waals surface area contributed by atoms with Gasteiger partial charge >= 0.3 is 0 Å². The van der Waals surface area contributed by atoms with Crippen molar-refractivity contribution in [2.45, 2.75) is 24.7 Å². The number of methoxy groups -OCH3 is 1. The molecule has 0 heterocycles. The summed E-state index contributed by atoms with van der Waals surface area (Å²) in [5.74, 6) is 0.724. The Morgan fingerprint density at radius 1 is 1.53 bits per heavy atom. The zero-order chi connectivity index (χ0) is 12.5. The molecule has 1 fully saturated rings. The molecule has 92 valence electrons. The number of nitro benzene ring substituents is 1. The number of nitrogens with two attached hydrogens (primary N) is 1. The first-order chi connectivity index (χ1) is 8.13. The Morgan fingerprint density at radius 2 is 2.24 bits per heavy atom. The second kappa shape index (κ2) is 4.33. The Hall–Kier alpha value is -1.62. The Kier molecular flexibility index (Phi) is 3.02. The third-order valence-corrected chi connectivity index (χ3v) is 3.44. The molecule has 1 saturated carbocycles. The van der Waals surface area contributed by atoms with Crippen LogP contribution in [0, 0.1) is 10.1 Å². The lowest BCUT2D eigenvalue weighted by atomic mass is 9.91. The van der Waals surface area contributed by atoms with Crippen LogP contribution in [0.1, 0.15) is 24.8 Å². The molecule has 1 aliphatic rings. The normalized spacial score (nSPS) is 16.6. The van der Waals surface area contributed by atoms with Crippen molar-refractivity contribution >= 4 is 5.69 Å². The fourth-order valence-electron chi connectivity index (χ4n) is 2.31. The molecule has 0 amide bonds. The van der Waals surface area contributed by atoms with Gasteiger partial charge in [-0.05, 0) is 31.9 Å². The molecule has 1 aromatic carbocycles. The summed E-state index contributed by atoms with van der Waals surface area (Å²) in [6.45, 7) is 0.589. The van der Waals surface area contributed by atoms with Gasteiger partial charge in [-0.1, -0.05) is 0 Å². The molecular formula is C12H16N2O3. The maximum atomic E-state index is 10.8. The predicted octanol–water partition coefficient (Wildman–Crippen LogP) is 1.98. The number of benzene rings is 1. The van der Waals surface area contributed by atoms with Crippen molar-refractivity contribution in [1.29, 1.82) is 0 Å². The summed E-state index contributed by atoms with van der Waals surface area (Å²) in [5, 5.41) is 10.8. The number of non-ortho nitro benzene ring substituents is 1. The third kappa shape index (κ3) is 2.10. The topological polar surface area (TPSA) is 78.4 Å². The van der Waals surface area contributed by atoms with E-state index in [2.05, 4.69) is 0 Å². The van der Waals surface area contributed by atoms with Gasteiger partial charge in [0.1, 0.15) is 5.75 Å². The lowest BCUT2D eigenvalue weighted by Gasteiger charge is -2.17. The summed E-state index contributed by atoms with van der Waals surface area (Å²) >= 11 is 0. The van der Waals surface area contributed by atoms with Gasteiger partial charge in [-0.15, -0.1) is 0 Å². The quantitative estimate of drug-likeness (QED) is 0.626. The van der Waals surface area contributed by atoms with Crippen LogP contribution in [0.3, 0.4) is 0 Å². The van der Waals surface area contributed by atoms with Gasteiger partial charge in [0.25, 0.3) is 5.69 Å². The highest BCUT2D eigenvalue weighted by Crippen LogP contribution is 2.54. The van der Waals surface area contributed by atoms with E-state index >= 15 is 0 Å². The van der Waals surface area contributed by atoms with Gasteiger partial charge in [-0.3, -0.25) is 10.1 Å². The van der Waals surface area contributed by atoms with Crippen molar-refractivity contribution in [1.82, 2.24) is 0 Å². The van der Waals surface area contributed by atoms with E-state index in [1.54, 1.807) is 19.2 Å². The van der Waals surface area contributed by atoms with Gasteiger partial charge in [0.05, 0.1) is 12.0 Å². The fraction of sp³-hybridized carbons (Fsp3) is 0.500. The molecule has 1 aliphatic carbocycles. The highest BCUT2D eigenvalue weighted by atomic mass is 16.6. The molecule has 0 saturated heterocycles. The summed E-state index contributed by atoms with van der Waals surface area (Å²) in [6.07, 6.45) is 2.91. The molecule has 2 N–H and O–H groups in total. The van der Waals surface area contributed by atoms with Gasteiger partial charge in [0.15, 0.2) is 0 Å². The highest BCUT2D eigenvalue weighted by Gasteiger charge is 2.45. The largest absolute Gasteiger partial charge is 0.496 e. The van der Waals surface area contributed by atoms with Crippen molar-refractivity contribution in [3.8, 4) is 5.75 Å². The predicted molar refractivity (Wildman–Crippen MR) is 64.2 cm³/mol. The first-order valence-corrected chi connectivity index (χ1v) is 5.66. The van der Waals surface area contributed by atoms with E-state index in [0.717, 1.165) is 30.6 Å². The lowest BCUT2D eigenvalue weighted by molar-refractivity contribution is -0.385. The van der Waals surface area contributed by atoms with Crippen molar-refractivity contribution in [3.63, 3.8) is 0 Å². The first kappa shape index (κ1) is 11.9. The van der Waals surface area contributed by atoms with E-state index in [4.69, 9.17) is 10.5 Å². The average molecular weight is 236 g/mol. The molecular weight excluding hydrogens is 220 g/mol. The van der Waals surface area contributed by atoms with E-state index in [1.807, 2.05) is 0 Å². The third-order valence-electron chi connectivity index (χ3n) is 3.44. The Balaban J connectivity index is 2.43. The van der Waals surface area contributed by atoms with Crippen molar-refractivity contribution < 1.29 is 9.66 Å². The zero-order valence-electron chi connectivity index (χ0n) is 9.81. The molecule has 5 heteroatoms. The number of hydrogen-bond acceptors (Lipinski definition) is 4. The highest BCUT2D eigenvalue weighted by molar-refractivity contribution is 5.50. The summed E-state index contributed by atoms with van der Waals surface area (Å²) in [6, 6.07) is 4.77. The maximum Gasteiger partial charge on any atom is 0.269 e. The molecule has 0 radical (unpaired) electrons. The minimum absolute atomic E-state index is 0.00606. The SMILES string of the molecule is COc1ccc([N+](=O)[O-])cc1C1(CCN)CC1. The van der Waals surface area contributed by atoms with Crippen LogP contribution in [0.4, 0.5) is 5.69 Å². The molecule has 0 atom stereocenters. The summed E-state index contributed by atoms with van der Waals surface area (Å²) in [4.78, 5) is 10.4. The number of ether oxygens (including phenoxy) is 1. The summed E-state index contributed by atoms with van der Waals surface area (Å²) < 4.78 is 5.29.